The maximum Gasteiger partial charge on any atom is 0.142 e. The van der Waals surface area contributed by atoms with Crippen molar-refractivity contribution in [1.82, 2.24) is 4.90 Å². The number of hydrogen-bond donors (Lipinski definition) is 1. The molecule has 1 fully saturated rings. The lowest BCUT2D eigenvalue weighted by molar-refractivity contribution is 0.114. The van der Waals surface area contributed by atoms with Crippen LogP contribution in [0.4, 0.5) is 5.69 Å². The van der Waals surface area contributed by atoms with Crippen LogP contribution in [0, 0.1) is 0 Å². The summed E-state index contributed by atoms with van der Waals surface area (Å²) in [5.74, 6) is 0.801. The monoisotopic (exact) mass is 276 g/mol. The summed E-state index contributed by atoms with van der Waals surface area (Å²) in [4.78, 5) is 2.64. The second-order valence-electron chi connectivity index (χ2n) is 5.94. The first-order valence-electron chi connectivity index (χ1n) is 7.88. The molecule has 0 aromatic heterocycles. The fourth-order valence-corrected chi connectivity index (χ4v) is 3.25. The molecule has 0 aliphatic carbocycles. The van der Waals surface area contributed by atoms with E-state index < -0.39 is 0 Å². The Balaban J connectivity index is 2.00. The molecule has 2 rings (SSSR count). The van der Waals surface area contributed by atoms with Gasteiger partial charge in [-0.05, 0) is 64.3 Å². The van der Waals surface area contributed by atoms with Gasteiger partial charge in [-0.2, -0.15) is 0 Å². The van der Waals surface area contributed by atoms with Crippen LogP contribution in [0.2, 0.25) is 0 Å². The summed E-state index contributed by atoms with van der Waals surface area (Å²) >= 11 is 0. The summed E-state index contributed by atoms with van der Waals surface area (Å²) in [6.45, 7) is 8.55. The number of rotatable bonds is 5. The van der Waals surface area contributed by atoms with E-state index in [-0.39, 0.29) is 0 Å². The zero-order valence-corrected chi connectivity index (χ0v) is 13.1. The van der Waals surface area contributed by atoms with E-state index in [0.29, 0.717) is 18.7 Å². The molecule has 112 valence electrons. The molecule has 3 nitrogen and oxygen atoms in total. The Morgan fingerprint density at radius 3 is 2.85 bits per heavy atom. The lowest BCUT2D eigenvalue weighted by Gasteiger charge is -2.38. The first-order valence-corrected chi connectivity index (χ1v) is 7.88. The van der Waals surface area contributed by atoms with Crippen LogP contribution in [0.15, 0.2) is 18.2 Å². The zero-order chi connectivity index (χ0) is 14.5. The van der Waals surface area contributed by atoms with Crippen molar-refractivity contribution >= 4 is 5.69 Å². The van der Waals surface area contributed by atoms with Gasteiger partial charge in [0.15, 0.2) is 0 Å². The van der Waals surface area contributed by atoms with E-state index in [1.807, 2.05) is 13.0 Å². The fourth-order valence-electron chi connectivity index (χ4n) is 3.25. The second-order valence-corrected chi connectivity index (χ2v) is 5.94. The van der Waals surface area contributed by atoms with Crippen molar-refractivity contribution in [2.75, 3.05) is 18.9 Å². The molecule has 2 atom stereocenters. The predicted octanol–water partition coefficient (Wildman–Crippen LogP) is 3.47. The molecular formula is C17H28N2O. The van der Waals surface area contributed by atoms with Gasteiger partial charge in [0.2, 0.25) is 0 Å². The molecule has 3 heteroatoms. The Kier molecular flexibility index (Phi) is 5.30. The third kappa shape index (κ3) is 3.66. The molecule has 2 unspecified atom stereocenters. The van der Waals surface area contributed by atoms with Crippen LogP contribution in [0.5, 0.6) is 5.75 Å². The molecule has 1 saturated heterocycles. The largest absolute Gasteiger partial charge is 0.492 e. The molecule has 1 aromatic carbocycles. The quantitative estimate of drug-likeness (QED) is 0.837. The van der Waals surface area contributed by atoms with Crippen molar-refractivity contribution in [2.24, 2.45) is 0 Å². The molecule has 1 aromatic rings. The smallest absolute Gasteiger partial charge is 0.142 e. The Morgan fingerprint density at radius 2 is 2.20 bits per heavy atom. The van der Waals surface area contributed by atoms with E-state index in [4.69, 9.17) is 10.5 Å². The average molecular weight is 276 g/mol. The molecule has 1 heterocycles. The van der Waals surface area contributed by atoms with Gasteiger partial charge in [0.05, 0.1) is 12.3 Å². The average Bonchev–Trinajstić information content (AvgIpc) is 2.42. The minimum atomic E-state index is 0.572. The number of piperidine rings is 1. The maximum absolute atomic E-state index is 6.05. The molecule has 2 N–H and O–H groups in total. The predicted molar refractivity (Wildman–Crippen MR) is 85.2 cm³/mol. The molecule has 0 spiro atoms. The van der Waals surface area contributed by atoms with E-state index >= 15 is 0 Å². The Hall–Kier alpha value is -1.22. The van der Waals surface area contributed by atoms with Gasteiger partial charge in [0, 0.05) is 12.1 Å². The van der Waals surface area contributed by atoms with Crippen molar-refractivity contribution < 1.29 is 4.74 Å². The molecule has 0 radical (unpaired) electrons. The van der Waals surface area contributed by atoms with Gasteiger partial charge in [-0.1, -0.05) is 12.5 Å². The fraction of sp³-hybridized carbons (Fsp3) is 0.647. The first kappa shape index (κ1) is 15.2. The maximum atomic E-state index is 6.05. The van der Waals surface area contributed by atoms with Gasteiger partial charge < -0.3 is 10.5 Å². The number of nitrogens with zero attached hydrogens (tertiary/aromatic N) is 1. The highest BCUT2D eigenvalue weighted by Gasteiger charge is 2.23. The molecule has 1 aliphatic rings. The summed E-state index contributed by atoms with van der Waals surface area (Å²) < 4.78 is 5.49. The minimum absolute atomic E-state index is 0.572. The number of hydrogen-bond acceptors (Lipinski definition) is 3. The summed E-state index contributed by atoms with van der Waals surface area (Å²) in [5, 5.41) is 0. The van der Waals surface area contributed by atoms with Crippen molar-refractivity contribution in [1.29, 1.82) is 0 Å². The number of anilines is 1. The molecule has 1 aliphatic heterocycles. The summed E-state index contributed by atoms with van der Waals surface area (Å²) in [5.41, 5.74) is 8.11. The highest BCUT2D eigenvalue weighted by Crippen LogP contribution is 2.25. The Bertz CT molecular complexity index is 433. The van der Waals surface area contributed by atoms with Gasteiger partial charge in [-0.25, -0.2) is 0 Å². The van der Waals surface area contributed by atoms with Crippen LogP contribution in [-0.2, 0) is 6.42 Å². The van der Waals surface area contributed by atoms with Crippen LogP contribution >= 0.6 is 0 Å². The summed E-state index contributed by atoms with van der Waals surface area (Å²) in [6, 6.07) is 7.49. The number of benzene rings is 1. The third-order valence-electron chi connectivity index (χ3n) is 4.33. The third-order valence-corrected chi connectivity index (χ3v) is 4.33. The Labute approximate surface area is 123 Å². The standard InChI is InChI=1S/C17H28N2O/c1-4-20-17-9-8-15(12-16(17)18)11-14(3)19-10-6-5-7-13(19)2/h8-9,12-14H,4-7,10-11,18H2,1-3H3. The van der Waals surface area contributed by atoms with Crippen LogP contribution in [-0.4, -0.2) is 30.1 Å². The van der Waals surface area contributed by atoms with Gasteiger partial charge >= 0.3 is 0 Å². The molecule has 0 saturated carbocycles. The molecule has 20 heavy (non-hydrogen) atoms. The van der Waals surface area contributed by atoms with Crippen LogP contribution < -0.4 is 10.5 Å². The SMILES string of the molecule is CCOc1ccc(CC(C)N2CCCCC2C)cc1N. The minimum Gasteiger partial charge on any atom is -0.492 e. The van der Waals surface area contributed by atoms with Crippen molar-refractivity contribution in [3.05, 3.63) is 23.8 Å². The van der Waals surface area contributed by atoms with E-state index in [1.165, 1.54) is 31.4 Å². The Morgan fingerprint density at radius 1 is 1.40 bits per heavy atom. The van der Waals surface area contributed by atoms with E-state index in [1.54, 1.807) is 0 Å². The molecular weight excluding hydrogens is 248 g/mol. The zero-order valence-electron chi connectivity index (χ0n) is 13.1. The number of nitrogens with two attached hydrogens (primary N) is 1. The van der Waals surface area contributed by atoms with Crippen LogP contribution in [0.3, 0.4) is 0 Å². The van der Waals surface area contributed by atoms with Crippen LogP contribution in [0.1, 0.15) is 45.6 Å². The lowest BCUT2D eigenvalue weighted by Crippen LogP contribution is -2.44. The van der Waals surface area contributed by atoms with Crippen LogP contribution in [0.25, 0.3) is 0 Å². The summed E-state index contributed by atoms with van der Waals surface area (Å²) in [7, 11) is 0. The second kappa shape index (κ2) is 6.98. The van der Waals surface area contributed by atoms with Crippen molar-refractivity contribution in [3.63, 3.8) is 0 Å². The van der Waals surface area contributed by atoms with E-state index in [0.717, 1.165) is 17.9 Å². The van der Waals surface area contributed by atoms with Gasteiger partial charge in [-0.15, -0.1) is 0 Å². The first-order chi connectivity index (χ1) is 9.61. The van der Waals surface area contributed by atoms with Gasteiger partial charge in [0.25, 0.3) is 0 Å². The number of ether oxygens (including phenoxy) is 1. The molecule has 0 bridgehead atoms. The van der Waals surface area contributed by atoms with Gasteiger partial charge in [0.1, 0.15) is 5.75 Å². The number of likely N-dealkylation sites (tertiary alicyclic amines) is 1. The molecule has 0 amide bonds. The van der Waals surface area contributed by atoms with Crippen molar-refractivity contribution in [3.8, 4) is 5.75 Å². The highest BCUT2D eigenvalue weighted by molar-refractivity contribution is 5.54. The van der Waals surface area contributed by atoms with E-state index in [9.17, 15) is 0 Å². The normalized spacial score (nSPS) is 21.6. The summed E-state index contributed by atoms with van der Waals surface area (Å²) in [6.07, 6.45) is 5.09. The van der Waals surface area contributed by atoms with E-state index in [2.05, 4.69) is 30.9 Å². The van der Waals surface area contributed by atoms with Gasteiger partial charge in [-0.3, -0.25) is 4.90 Å². The van der Waals surface area contributed by atoms with Crippen molar-refractivity contribution in [2.45, 2.75) is 58.5 Å². The topological polar surface area (TPSA) is 38.5 Å². The lowest BCUT2D eigenvalue weighted by atomic mass is 9.98. The highest BCUT2D eigenvalue weighted by atomic mass is 16.5. The number of nitrogen functional groups attached to an aromatic ring is 1.